The Hall–Kier alpha value is -1.38. The number of hydrogen-bond donors (Lipinski definition) is 3. The first kappa shape index (κ1) is 20.7. The summed E-state index contributed by atoms with van der Waals surface area (Å²) in [5.74, 6) is -0.0342. The fraction of sp³-hybridized carbons (Fsp3) is 0.688. The number of allylic oxidation sites excluding steroid dienone is 1. The molecule has 0 aliphatic rings. The number of carbonyl (C=O) groups is 1. The van der Waals surface area contributed by atoms with E-state index in [4.69, 9.17) is 10.8 Å². The molecule has 1 heterocycles. The zero-order chi connectivity index (χ0) is 17.9. The summed E-state index contributed by atoms with van der Waals surface area (Å²) in [7, 11) is 0. The number of carboxylic acids is 1. The van der Waals surface area contributed by atoms with Crippen LogP contribution >= 0.6 is 11.8 Å². The van der Waals surface area contributed by atoms with Gasteiger partial charge in [-0.05, 0) is 12.8 Å². The molecule has 1 aromatic heterocycles. The Balaban J connectivity index is 2.60. The van der Waals surface area contributed by atoms with Crippen molar-refractivity contribution < 1.29 is 15.0 Å². The van der Waals surface area contributed by atoms with Crippen LogP contribution in [0.2, 0.25) is 0 Å². The molecule has 24 heavy (non-hydrogen) atoms. The van der Waals surface area contributed by atoms with E-state index in [-0.39, 0.29) is 11.9 Å². The summed E-state index contributed by atoms with van der Waals surface area (Å²) in [6.45, 7) is 6.41. The first-order chi connectivity index (χ1) is 11.5. The molecule has 0 bridgehead atoms. The molecule has 0 saturated heterocycles. The highest BCUT2D eigenvalue weighted by Gasteiger charge is 2.17. The highest BCUT2D eigenvalue weighted by Crippen LogP contribution is 2.19. The van der Waals surface area contributed by atoms with Gasteiger partial charge in [-0.3, -0.25) is 4.79 Å². The Bertz CT molecular complexity index is 521. The van der Waals surface area contributed by atoms with Crippen molar-refractivity contribution in [2.75, 3.05) is 5.75 Å². The van der Waals surface area contributed by atoms with E-state index < -0.39 is 12.0 Å². The minimum atomic E-state index is -1.03. The molecule has 1 aromatic rings. The van der Waals surface area contributed by atoms with Crippen molar-refractivity contribution in [2.45, 2.75) is 69.3 Å². The van der Waals surface area contributed by atoms with Gasteiger partial charge in [0.2, 0.25) is 0 Å². The quantitative estimate of drug-likeness (QED) is 0.281. The lowest BCUT2D eigenvalue weighted by atomic mass is 10.1. The van der Waals surface area contributed by atoms with Crippen molar-refractivity contribution in [3.05, 3.63) is 18.5 Å². The Morgan fingerprint density at radius 2 is 2.17 bits per heavy atom. The Morgan fingerprint density at radius 1 is 1.42 bits per heavy atom. The number of aliphatic hydroxyl groups is 1. The van der Waals surface area contributed by atoms with E-state index in [9.17, 15) is 9.90 Å². The van der Waals surface area contributed by atoms with Crippen molar-refractivity contribution in [2.24, 2.45) is 5.73 Å². The van der Waals surface area contributed by atoms with E-state index in [0.717, 1.165) is 31.5 Å². The number of aliphatic carboxylic acids is 1. The Kier molecular flexibility index (Phi) is 9.66. The average Bonchev–Trinajstić information content (AvgIpc) is 2.93. The summed E-state index contributed by atoms with van der Waals surface area (Å²) < 4.78 is 1.89. The van der Waals surface area contributed by atoms with E-state index in [1.807, 2.05) is 4.57 Å². The number of nitrogens with zero attached hydrogens (tertiary/aromatic N) is 3. The van der Waals surface area contributed by atoms with Crippen LogP contribution in [0.25, 0.3) is 0 Å². The molecule has 0 saturated carbocycles. The second kappa shape index (κ2) is 11.2. The maximum atomic E-state index is 10.8. The number of thioether (sulfide) groups is 1. The minimum Gasteiger partial charge on any atom is -0.480 e. The van der Waals surface area contributed by atoms with Crippen LogP contribution in [0.3, 0.4) is 0 Å². The van der Waals surface area contributed by atoms with Crippen molar-refractivity contribution in [1.29, 1.82) is 0 Å². The summed E-state index contributed by atoms with van der Waals surface area (Å²) in [6.07, 6.45) is 6.78. The second-order valence-electron chi connectivity index (χ2n) is 5.74. The van der Waals surface area contributed by atoms with Gasteiger partial charge in [0, 0.05) is 18.7 Å². The predicted molar refractivity (Wildman–Crippen MR) is 95.0 cm³/mol. The van der Waals surface area contributed by atoms with Crippen molar-refractivity contribution >= 4 is 17.7 Å². The number of aromatic nitrogens is 3. The molecular formula is C16H28N4O3S. The molecule has 0 aliphatic heterocycles. The van der Waals surface area contributed by atoms with Crippen LogP contribution < -0.4 is 5.73 Å². The van der Waals surface area contributed by atoms with Gasteiger partial charge in [0.15, 0.2) is 5.16 Å². The molecule has 7 nitrogen and oxygen atoms in total. The summed E-state index contributed by atoms with van der Waals surface area (Å²) in [5.41, 5.74) is 5.52. The van der Waals surface area contributed by atoms with Gasteiger partial charge in [0.05, 0.1) is 6.10 Å². The maximum Gasteiger partial charge on any atom is 0.321 e. The molecule has 2 atom stereocenters. The van der Waals surface area contributed by atoms with Crippen LogP contribution in [-0.4, -0.2) is 48.8 Å². The zero-order valence-electron chi connectivity index (χ0n) is 14.2. The van der Waals surface area contributed by atoms with E-state index in [2.05, 4.69) is 23.7 Å². The number of aryl methyl sites for hydroxylation is 1. The average molecular weight is 356 g/mol. The van der Waals surface area contributed by atoms with E-state index in [0.29, 0.717) is 24.5 Å². The number of nitrogens with two attached hydrogens (primary N) is 1. The lowest BCUT2D eigenvalue weighted by molar-refractivity contribution is -0.137. The van der Waals surface area contributed by atoms with Crippen LogP contribution in [0.15, 0.2) is 17.8 Å². The van der Waals surface area contributed by atoms with Crippen molar-refractivity contribution in [3.63, 3.8) is 0 Å². The van der Waals surface area contributed by atoms with E-state index in [1.165, 1.54) is 11.8 Å². The summed E-state index contributed by atoms with van der Waals surface area (Å²) >= 11 is 1.27. The molecule has 0 radical (unpaired) electrons. The lowest BCUT2D eigenvalue weighted by Gasteiger charge is -2.11. The summed E-state index contributed by atoms with van der Waals surface area (Å²) in [6, 6.07) is -0.937. The monoisotopic (exact) mass is 356 g/mol. The standard InChI is InChI=1S/C16H28N4O3S/c1-3-5-6-7-12(21)8-9-14-18-19-16(20(14)10-4-2)24-11-13(17)15(22)23/h4,12-13,21H,2-3,5-11,17H2,1H3,(H,22,23)/t12?,13-/m0/s1. The van der Waals surface area contributed by atoms with Gasteiger partial charge in [-0.2, -0.15) is 0 Å². The summed E-state index contributed by atoms with van der Waals surface area (Å²) in [4.78, 5) is 10.8. The maximum absolute atomic E-state index is 10.8. The first-order valence-electron chi connectivity index (χ1n) is 8.31. The number of hydrogen-bond acceptors (Lipinski definition) is 6. The molecule has 4 N–H and O–H groups in total. The third-order valence-corrected chi connectivity index (χ3v) is 4.74. The van der Waals surface area contributed by atoms with Gasteiger partial charge in [0.25, 0.3) is 0 Å². The molecule has 1 unspecified atom stereocenters. The fourth-order valence-electron chi connectivity index (χ4n) is 2.23. The van der Waals surface area contributed by atoms with Crippen LogP contribution in [-0.2, 0) is 17.8 Å². The largest absolute Gasteiger partial charge is 0.480 e. The number of carboxylic acid groups (broad SMARTS) is 1. The zero-order valence-corrected chi connectivity index (χ0v) is 15.0. The lowest BCUT2D eigenvalue weighted by Crippen LogP contribution is -2.32. The molecule has 8 heteroatoms. The van der Waals surface area contributed by atoms with E-state index in [1.54, 1.807) is 6.08 Å². The van der Waals surface area contributed by atoms with Gasteiger partial charge in [-0.25, -0.2) is 0 Å². The molecule has 0 amide bonds. The van der Waals surface area contributed by atoms with Crippen LogP contribution in [0.5, 0.6) is 0 Å². The van der Waals surface area contributed by atoms with Crippen LogP contribution in [0.4, 0.5) is 0 Å². The van der Waals surface area contributed by atoms with Crippen LogP contribution in [0, 0.1) is 0 Å². The molecule has 0 fully saturated rings. The number of unbranched alkanes of at least 4 members (excludes halogenated alkanes) is 2. The van der Waals surface area contributed by atoms with Gasteiger partial charge in [0.1, 0.15) is 11.9 Å². The van der Waals surface area contributed by atoms with E-state index >= 15 is 0 Å². The highest BCUT2D eigenvalue weighted by molar-refractivity contribution is 7.99. The van der Waals surface area contributed by atoms with Crippen molar-refractivity contribution in [3.8, 4) is 0 Å². The molecule has 0 spiro atoms. The molecular weight excluding hydrogens is 328 g/mol. The third kappa shape index (κ3) is 7.02. The Morgan fingerprint density at radius 3 is 2.79 bits per heavy atom. The first-order valence-corrected chi connectivity index (χ1v) is 9.30. The molecule has 1 rings (SSSR count). The van der Waals surface area contributed by atoms with Gasteiger partial charge >= 0.3 is 5.97 Å². The van der Waals surface area contributed by atoms with Crippen molar-refractivity contribution in [1.82, 2.24) is 14.8 Å². The highest BCUT2D eigenvalue weighted by atomic mass is 32.2. The second-order valence-corrected chi connectivity index (χ2v) is 6.73. The predicted octanol–water partition coefficient (Wildman–Crippen LogP) is 1.84. The topological polar surface area (TPSA) is 114 Å². The number of aliphatic hydroxyl groups excluding tert-OH is 1. The molecule has 0 aliphatic carbocycles. The van der Waals surface area contributed by atoms with Crippen LogP contribution in [0.1, 0.15) is 44.9 Å². The smallest absolute Gasteiger partial charge is 0.321 e. The molecule has 136 valence electrons. The van der Waals surface area contributed by atoms with Gasteiger partial charge in [-0.1, -0.05) is 44.0 Å². The third-order valence-electron chi connectivity index (χ3n) is 3.66. The summed E-state index contributed by atoms with van der Waals surface area (Å²) in [5, 5.41) is 27.8. The molecule has 0 aromatic carbocycles. The fourth-order valence-corrected chi connectivity index (χ4v) is 3.13. The SMILES string of the molecule is C=CCn1c(CCC(O)CCCCC)nnc1SC[C@H](N)C(=O)O. The normalized spacial score (nSPS) is 13.6. The Labute approximate surface area is 147 Å². The van der Waals surface area contributed by atoms with Gasteiger partial charge < -0.3 is 20.5 Å². The number of rotatable bonds is 13. The minimum absolute atomic E-state index is 0.226. The van der Waals surface area contributed by atoms with Gasteiger partial charge in [-0.15, -0.1) is 16.8 Å².